The molecule has 0 aromatic heterocycles. The van der Waals surface area contributed by atoms with Gasteiger partial charge in [0, 0.05) is 19.6 Å². The van der Waals surface area contributed by atoms with Gasteiger partial charge >= 0.3 is 0 Å². The minimum atomic E-state index is 0.898. The third-order valence-electron chi connectivity index (χ3n) is 2.21. The molecule has 0 aromatic rings. The predicted molar refractivity (Wildman–Crippen MR) is 43.2 cm³/mol. The zero-order valence-corrected chi connectivity index (χ0v) is 6.54. The first kappa shape index (κ1) is 6.27. The normalized spacial score (nSPS) is 26.0. The van der Waals surface area contributed by atoms with Crippen LogP contribution in [0.15, 0.2) is 16.6 Å². The summed E-state index contributed by atoms with van der Waals surface area (Å²) >= 11 is 0. The lowest BCUT2D eigenvalue weighted by atomic mass is 10.3. The molecule has 0 amide bonds. The Labute approximate surface area is 69.8 Å². The van der Waals surface area contributed by atoms with Crippen molar-refractivity contribution >= 4 is 6.34 Å². The standard InChI is InChI=1S/C6H10N6/c1-2-11-5(3-7-1)6-8-4-9-12(6)10-11/h4,7,10H,1-3H2,(H,8,9). The van der Waals surface area contributed by atoms with Crippen LogP contribution in [-0.4, -0.2) is 36.1 Å². The molecular formula is C6H10N6. The number of hydrazine groups is 2. The summed E-state index contributed by atoms with van der Waals surface area (Å²) in [6.07, 6.45) is 1.68. The third kappa shape index (κ3) is 0.678. The summed E-state index contributed by atoms with van der Waals surface area (Å²) in [6.45, 7) is 2.89. The molecule has 64 valence electrons. The molecule has 1 fully saturated rings. The highest BCUT2D eigenvalue weighted by Crippen LogP contribution is 2.20. The van der Waals surface area contributed by atoms with E-state index in [1.165, 1.54) is 5.70 Å². The van der Waals surface area contributed by atoms with Crippen LogP contribution in [0.25, 0.3) is 0 Å². The molecule has 0 atom stereocenters. The summed E-state index contributed by atoms with van der Waals surface area (Å²) in [7, 11) is 0. The minimum Gasteiger partial charge on any atom is -0.327 e. The monoisotopic (exact) mass is 166 g/mol. The van der Waals surface area contributed by atoms with Crippen LogP contribution >= 0.6 is 0 Å². The van der Waals surface area contributed by atoms with E-state index in [0.29, 0.717) is 0 Å². The number of fused-ring (bicyclic) bond motifs is 2. The average Bonchev–Trinajstić information content (AvgIpc) is 2.62. The molecule has 0 spiro atoms. The van der Waals surface area contributed by atoms with Crippen molar-refractivity contribution in [3.63, 3.8) is 0 Å². The van der Waals surface area contributed by atoms with Crippen LogP contribution in [0.2, 0.25) is 0 Å². The molecular weight excluding hydrogens is 156 g/mol. The van der Waals surface area contributed by atoms with E-state index in [9.17, 15) is 0 Å². The van der Waals surface area contributed by atoms with Crippen LogP contribution in [-0.2, 0) is 0 Å². The molecule has 1 saturated heterocycles. The van der Waals surface area contributed by atoms with E-state index in [2.05, 4.69) is 26.3 Å². The van der Waals surface area contributed by atoms with Crippen LogP contribution in [0.1, 0.15) is 0 Å². The van der Waals surface area contributed by atoms with Crippen LogP contribution in [0.3, 0.4) is 0 Å². The smallest absolute Gasteiger partial charge is 0.169 e. The molecule has 12 heavy (non-hydrogen) atoms. The van der Waals surface area contributed by atoms with Gasteiger partial charge in [0.05, 0.1) is 5.70 Å². The maximum absolute atomic E-state index is 4.08. The second-order valence-electron chi connectivity index (χ2n) is 2.92. The van der Waals surface area contributed by atoms with Gasteiger partial charge in [0.25, 0.3) is 0 Å². The van der Waals surface area contributed by atoms with E-state index >= 15 is 0 Å². The summed E-state index contributed by atoms with van der Waals surface area (Å²) in [5, 5.41) is 14.3. The van der Waals surface area contributed by atoms with E-state index in [4.69, 9.17) is 0 Å². The molecule has 0 saturated carbocycles. The van der Waals surface area contributed by atoms with E-state index in [-0.39, 0.29) is 0 Å². The van der Waals surface area contributed by atoms with Crippen molar-refractivity contribution in [3.8, 4) is 0 Å². The minimum absolute atomic E-state index is 0.898. The fraction of sp³-hybridized carbons (Fsp3) is 0.500. The highest BCUT2D eigenvalue weighted by Gasteiger charge is 2.32. The Morgan fingerprint density at radius 1 is 1.50 bits per heavy atom. The van der Waals surface area contributed by atoms with Gasteiger partial charge in [-0.2, -0.15) is 5.12 Å². The largest absolute Gasteiger partial charge is 0.327 e. The summed E-state index contributed by atoms with van der Waals surface area (Å²) in [6, 6.07) is 0. The Kier molecular flexibility index (Phi) is 1.10. The fourth-order valence-electron chi connectivity index (χ4n) is 1.61. The Morgan fingerprint density at radius 2 is 2.50 bits per heavy atom. The number of nitrogens with zero attached hydrogens (tertiary/aromatic N) is 3. The Bertz CT molecular complexity index is 269. The van der Waals surface area contributed by atoms with Gasteiger partial charge in [-0.15, -0.1) is 10.6 Å². The van der Waals surface area contributed by atoms with Crippen molar-refractivity contribution in [1.82, 2.24) is 26.3 Å². The lowest BCUT2D eigenvalue weighted by molar-refractivity contribution is 0.120. The number of hydrogen-bond acceptors (Lipinski definition) is 6. The van der Waals surface area contributed by atoms with Gasteiger partial charge in [-0.1, -0.05) is 0 Å². The molecule has 0 aromatic carbocycles. The Morgan fingerprint density at radius 3 is 3.50 bits per heavy atom. The number of hydrogen-bond donors (Lipinski definition) is 3. The first-order chi connectivity index (χ1) is 5.95. The maximum atomic E-state index is 4.08. The van der Waals surface area contributed by atoms with Crippen molar-refractivity contribution in [2.45, 2.75) is 0 Å². The Hall–Kier alpha value is -1.27. The lowest BCUT2D eigenvalue weighted by Gasteiger charge is -2.26. The van der Waals surface area contributed by atoms with Gasteiger partial charge in [-0.05, 0) is 0 Å². The van der Waals surface area contributed by atoms with Crippen molar-refractivity contribution in [2.24, 2.45) is 5.10 Å². The molecule has 3 heterocycles. The zero-order valence-electron chi connectivity index (χ0n) is 6.54. The number of piperazine rings is 1. The average molecular weight is 166 g/mol. The van der Waals surface area contributed by atoms with Crippen LogP contribution < -0.4 is 16.2 Å². The number of rotatable bonds is 0. The number of hydrazone groups is 1. The van der Waals surface area contributed by atoms with Gasteiger partial charge in [-0.25, -0.2) is 0 Å². The first-order valence-corrected chi connectivity index (χ1v) is 4.02. The summed E-state index contributed by atoms with van der Waals surface area (Å²) in [5.74, 6) is 1.04. The molecule has 0 bridgehead atoms. The van der Waals surface area contributed by atoms with Crippen LogP contribution in [0, 0.1) is 0 Å². The molecule has 6 heteroatoms. The lowest BCUT2D eigenvalue weighted by Crippen LogP contribution is -2.47. The molecule has 3 aliphatic rings. The van der Waals surface area contributed by atoms with E-state index in [0.717, 1.165) is 25.5 Å². The van der Waals surface area contributed by atoms with Gasteiger partial charge in [0.15, 0.2) is 5.82 Å². The van der Waals surface area contributed by atoms with Gasteiger partial charge in [0.2, 0.25) is 0 Å². The fourth-order valence-corrected chi connectivity index (χ4v) is 1.61. The van der Waals surface area contributed by atoms with E-state index < -0.39 is 0 Å². The summed E-state index contributed by atoms with van der Waals surface area (Å²) in [5.41, 5.74) is 4.38. The highest BCUT2D eigenvalue weighted by atomic mass is 15.9. The third-order valence-corrected chi connectivity index (χ3v) is 2.21. The van der Waals surface area contributed by atoms with Crippen LogP contribution in [0.4, 0.5) is 0 Å². The van der Waals surface area contributed by atoms with Gasteiger partial charge < -0.3 is 10.6 Å². The van der Waals surface area contributed by atoms with E-state index in [1.807, 2.05) is 0 Å². The summed E-state index contributed by atoms with van der Waals surface area (Å²) in [4.78, 5) is 0. The van der Waals surface area contributed by atoms with Crippen molar-refractivity contribution in [3.05, 3.63) is 11.5 Å². The highest BCUT2D eigenvalue weighted by molar-refractivity contribution is 5.60. The molecule has 0 radical (unpaired) electrons. The van der Waals surface area contributed by atoms with E-state index in [1.54, 1.807) is 11.5 Å². The van der Waals surface area contributed by atoms with Gasteiger partial charge in [0.1, 0.15) is 6.34 Å². The molecule has 0 unspecified atom stereocenters. The van der Waals surface area contributed by atoms with Gasteiger partial charge in [-0.3, -0.25) is 5.01 Å². The maximum Gasteiger partial charge on any atom is 0.169 e. The molecule has 3 rings (SSSR count). The second-order valence-corrected chi connectivity index (χ2v) is 2.92. The SMILES string of the molecule is C1=NN2NN3CCNCC3=C2N1. The molecule has 3 N–H and O–H groups in total. The number of nitrogens with one attached hydrogen (secondary N) is 3. The summed E-state index contributed by atoms with van der Waals surface area (Å²) < 4.78 is 0. The van der Waals surface area contributed by atoms with Crippen molar-refractivity contribution in [2.75, 3.05) is 19.6 Å². The molecule has 3 aliphatic heterocycles. The van der Waals surface area contributed by atoms with Crippen LogP contribution in [0.5, 0.6) is 0 Å². The predicted octanol–water partition coefficient (Wildman–Crippen LogP) is -1.66. The van der Waals surface area contributed by atoms with Crippen molar-refractivity contribution < 1.29 is 0 Å². The van der Waals surface area contributed by atoms with Crippen molar-refractivity contribution in [1.29, 1.82) is 0 Å². The zero-order chi connectivity index (χ0) is 7.97. The molecule has 0 aliphatic carbocycles. The first-order valence-electron chi connectivity index (χ1n) is 4.02. The quantitative estimate of drug-likeness (QED) is 0.402. The Balaban J connectivity index is 1.96. The second kappa shape index (κ2) is 2.11. The topological polar surface area (TPSA) is 54.9 Å². The molecule has 6 nitrogen and oxygen atoms in total.